The van der Waals surface area contributed by atoms with E-state index in [1.807, 2.05) is 24.3 Å². The lowest BCUT2D eigenvalue weighted by molar-refractivity contribution is -0.113. The first kappa shape index (κ1) is 20.7. The minimum atomic E-state index is -0.314. The second-order valence-electron chi connectivity index (χ2n) is 6.84. The van der Waals surface area contributed by atoms with E-state index in [9.17, 15) is 14.0 Å². The molecule has 1 amide bonds. The summed E-state index contributed by atoms with van der Waals surface area (Å²) in [5, 5.41) is 13.8. The number of carbonyl (C=O) groups is 2. The number of rotatable bonds is 6. The lowest BCUT2D eigenvalue weighted by atomic mass is 10.1. The summed E-state index contributed by atoms with van der Waals surface area (Å²) >= 11 is 1.27. The number of aromatic nitrogens is 2. The predicted molar refractivity (Wildman–Crippen MR) is 121 cm³/mol. The number of benzene rings is 3. The van der Waals surface area contributed by atoms with Crippen LogP contribution in [0.2, 0.25) is 0 Å². The summed E-state index contributed by atoms with van der Waals surface area (Å²) in [6.45, 7) is 1.46. The van der Waals surface area contributed by atoms with Gasteiger partial charge in [0.05, 0.1) is 11.4 Å². The molecule has 3 aromatic carbocycles. The summed E-state index contributed by atoms with van der Waals surface area (Å²) in [5.41, 5.74) is 2.37. The van der Waals surface area contributed by atoms with Crippen LogP contribution in [-0.4, -0.2) is 27.6 Å². The lowest BCUT2D eigenvalue weighted by Crippen LogP contribution is -2.16. The third kappa shape index (κ3) is 4.62. The number of Topliss-reactive ketones (excluding diaryl/α,β-unsaturated/α-hetero) is 1. The van der Waals surface area contributed by atoms with E-state index in [4.69, 9.17) is 0 Å². The van der Waals surface area contributed by atoms with Crippen molar-refractivity contribution in [2.75, 3.05) is 11.1 Å². The zero-order chi connectivity index (χ0) is 21.8. The number of halogens is 1. The Morgan fingerprint density at radius 1 is 0.903 bits per heavy atom. The van der Waals surface area contributed by atoms with Crippen LogP contribution in [0.15, 0.2) is 77.8 Å². The van der Waals surface area contributed by atoms with Gasteiger partial charge in [-0.3, -0.25) is 9.59 Å². The Kier molecular flexibility index (Phi) is 6.04. The van der Waals surface area contributed by atoms with E-state index in [0.29, 0.717) is 22.0 Å². The lowest BCUT2D eigenvalue weighted by Gasteiger charge is -2.10. The van der Waals surface area contributed by atoms with Gasteiger partial charge < -0.3 is 5.32 Å². The maximum absolute atomic E-state index is 13.3. The van der Waals surface area contributed by atoms with Crippen LogP contribution in [-0.2, 0) is 4.79 Å². The summed E-state index contributed by atoms with van der Waals surface area (Å²) < 4.78 is 13.3. The number of hydrogen-bond donors (Lipinski definition) is 1. The molecule has 31 heavy (non-hydrogen) atoms. The van der Waals surface area contributed by atoms with Gasteiger partial charge in [0.2, 0.25) is 5.91 Å². The van der Waals surface area contributed by atoms with Gasteiger partial charge in [-0.05, 0) is 43.3 Å². The summed E-state index contributed by atoms with van der Waals surface area (Å²) in [6.07, 6.45) is 0. The van der Waals surface area contributed by atoms with Gasteiger partial charge in [-0.1, -0.05) is 48.2 Å². The first-order chi connectivity index (χ1) is 15.0. The highest BCUT2D eigenvalue weighted by Gasteiger charge is 2.14. The topological polar surface area (TPSA) is 72.0 Å². The van der Waals surface area contributed by atoms with Crippen LogP contribution in [0.4, 0.5) is 10.1 Å². The number of hydrogen-bond acceptors (Lipinski definition) is 5. The highest BCUT2D eigenvalue weighted by molar-refractivity contribution is 8.00. The van der Waals surface area contributed by atoms with Gasteiger partial charge in [-0.2, -0.15) is 0 Å². The zero-order valence-electron chi connectivity index (χ0n) is 16.6. The molecule has 0 aliphatic heterocycles. The van der Waals surface area contributed by atoms with Crippen LogP contribution in [0.25, 0.3) is 22.0 Å². The van der Waals surface area contributed by atoms with Crippen LogP contribution in [0.5, 0.6) is 0 Å². The Hall–Kier alpha value is -3.58. The molecule has 154 valence electrons. The first-order valence-corrected chi connectivity index (χ1v) is 10.6. The number of amides is 1. The Balaban J connectivity index is 1.56. The van der Waals surface area contributed by atoms with Crippen LogP contribution in [0.3, 0.4) is 0 Å². The van der Waals surface area contributed by atoms with Crippen LogP contribution in [0, 0.1) is 5.82 Å². The molecule has 0 radical (unpaired) electrons. The van der Waals surface area contributed by atoms with E-state index in [1.54, 1.807) is 36.4 Å². The fourth-order valence-corrected chi connectivity index (χ4v) is 4.00. The average molecular weight is 431 g/mol. The maximum atomic E-state index is 13.3. The summed E-state index contributed by atoms with van der Waals surface area (Å²) in [6, 6.07) is 20.6. The second-order valence-corrected chi connectivity index (χ2v) is 7.81. The van der Waals surface area contributed by atoms with Crippen LogP contribution < -0.4 is 5.32 Å². The van der Waals surface area contributed by atoms with Gasteiger partial charge in [0.1, 0.15) is 16.5 Å². The summed E-state index contributed by atoms with van der Waals surface area (Å²) in [7, 11) is 0. The Morgan fingerprint density at radius 2 is 1.58 bits per heavy atom. The second kappa shape index (κ2) is 9.06. The molecule has 0 bridgehead atoms. The summed E-state index contributed by atoms with van der Waals surface area (Å²) in [4.78, 5) is 24.2. The standard InChI is InChI=1S/C24H18FN3O2S/c1-15(29)18-6-4-5-9-21(18)26-22(30)14-31-24-20-8-3-2-7-19(20)23(27-28-24)16-10-12-17(25)13-11-16/h2-13H,14H2,1H3,(H,26,30). The van der Waals surface area contributed by atoms with Crippen molar-refractivity contribution in [3.8, 4) is 11.3 Å². The Bertz CT molecular complexity index is 1280. The van der Waals surface area contributed by atoms with E-state index >= 15 is 0 Å². The van der Waals surface area contributed by atoms with E-state index < -0.39 is 0 Å². The maximum Gasteiger partial charge on any atom is 0.234 e. The molecule has 1 aromatic heterocycles. The molecule has 0 aliphatic rings. The third-order valence-corrected chi connectivity index (χ3v) is 5.67. The number of anilines is 1. The zero-order valence-corrected chi connectivity index (χ0v) is 17.4. The van der Waals surface area contributed by atoms with Crippen molar-refractivity contribution in [2.24, 2.45) is 0 Å². The molecular weight excluding hydrogens is 413 g/mol. The number of carbonyl (C=O) groups excluding carboxylic acids is 2. The molecule has 0 atom stereocenters. The Labute approximate surface area is 182 Å². The molecule has 0 fully saturated rings. The molecule has 4 aromatic rings. The van der Waals surface area contributed by atoms with Crippen molar-refractivity contribution in [3.63, 3.8) is 0 Å². The van der Waals surface area contributed by atoms with Crippen molar-refractivity contribution in [1.82, 2.24) is 10.2 Å². The van der Waals surface area contributed by atoms with Gasteiger partial charge in [-0.25, -0.2) is 4.39 Å². The van der Waals surface area contributed by atoms with Gasteiger partial charge in [0, 0.05) is 21.9 Å². The number of nitrogens with zero attached hydrogens (tertiary/aromatic N) is 2. The monoisotopic (exact) mass is 431 g/mol. The van der Waals surface area contributed by atoms with E-state index in [2.05, 4.69) is 15.5 Å². The summed E-state index contributed by atoms with van der Waals surface area (Å²) in [5.74, 6) is -0.560. The predicted octanol–water partition coefficient (Wildman–Crippen LogP) is 5.37. The van der Waals surface area contributed by atoms with Gasteiger partial charge in [0.25, 0.3) is 0 Å². The van der Waals surface area contributed by atoms with Gasteiger partial charge >= 0.3 is 0 Å². The molecule has 0 aliphatic carbocycles. The van der Waals surface area contributed by atoms with Crippen molar-refractivity contribution < 1.29 is 14.0 Å². The van der Waals surface area contributed by atoms with Gasteiger partial charge in [-0.15, -0.1) is 10.2 Å². The number of ketones is 1. The third-order valence-electron chi connectivity index (χ3n) is 4.69. The Morgan fingerprint density at radius 3 is 2.32 bits per heavy atom. The molecule has 7 heteroatoms. The smallest absolute Gasteiger partial charge is 0.234 e. The number of fused-ring (bicyclic) bond motifs is 1. The van der Waals surface area contributed by atoms with E-state index in [0.717, 1.165) is 16.3 Å². The molecule has 0 saturated carbocycles. The number of para-hydroxylation sites is 1. The van der Waals surface area contributed by atoms with Crippen molar-refractivity contribution in [2.45, 2.75) is 11.9 Å². The fraction of sp³-hybridized carbons (Fsp3) is 0.0833. The van der Waals surface area contributed by atoms with Crippen LogP contribution >= 0.6 is 11.8 Å². The molecular formula is C24H18FN3O2S. The molecule has 0 saturated heterocycles. The first-order valence-electron chi connectivity index (χ1n) is 9.57. The minimum Gasteiger partial charge on any atom is -0.325 e. The molecule has 1 N–H and O–H groups in total. The molecule has 5 nitrogen and oxygen atoms in total. The molecule has 0 unspecified atom stereocenters. The quantitative estimate of drug-likeness (QED) is 0.328. The van der Waals surface area contributed by atoms with Crippen LogP contribution in [0.1, 0.15) is 17.3 Å². The average Bonchev–Trinajstić information content (AvgIpc) is 2.78. The van der Waals surface area contributed by atoms with Crippen molar-refractivity contribution in [3.05, 3.63) is 84.2 Å². The molecule has 1 heterocycles. The minimum absolute atomic E-state index is 0.112. The largest absolute Gasteiger partial charge is 0.325 e. The number of nitrogens with one attached hydrogen (secondary N) is 1. The fourth-order valence-electron chi connectivity index (χ4n) is 3.23. The normalized spacial score (nSPS) is 10.8. The van der Waals surface area contributed by atoms with Crippen molar-refractivity contribution in [1.29, 1.82) is 0 Å². The number of thioether (sulfide) groups is 1. The van der Waals surface area contributed by atoms with Gasteiger partial charge in [0.15, 0.2) is 5.78 Å². The SMILES string of the molecule is CC(=O)c1ccccc1NC(=O)CSc1nnc(-c2ccc(F)cc2)c2ccccc12. The van der Waals surface area contributed by atoms with E-state index in [-0.39, 0.29) is 23.3 Å². The van der Waals surface area contributed by atoms with Crippen molar-refractivity contribution >= 4 is 39.9 Å². The van der Waals surface area contributed by atoms with E-state index in [1.165, 1.54) is 30.8 Å². The molecule has 4 rings (SSSR count). The molecule has 0 spiro atoms. The highest BCUT2D eigenvalue weighted by Crippen LogP contribution is 2.31. The highest BCUT2D eigenvalue weighted by atomic mass is 32.2.